The summed E-state index contributed by atoms with van der Waals surface area (Å²) in [7, 11) is 5.07. The average molecular weight is 860 g/mol. The molecule has 0 rings (SSSR count). The molecule has 4 unspecified atom stereocenters. The van der Waals surface area contributed by atoms with Crippen molar-refractivity contribution in [2.75, 3.05) is 100 Å². The lowest BCUT2D eigenvalue weighted by atomic mass is 9.65. The lowest BCUT2D eigenvalue weighted by Crippen LogP contribution is -2.46. The van der Waals surface area contributed by atoms with Crippen LogP contribution >= 0.6 is 33.1 Å². The van der Waals surface area contributed by atoms with Gasteiger partial charge in [-0.05, 0) is 72.0 Å². The molecule has 4 atom stereocenters. The topological polar surface area (TPSA) is 184 Å². The standard InChI is InChI=1S/C38H72N3O12PS2/c1-12-37(5,34(45)50-22-20-41(10,11)27-30(2)42)29-38(6,35(46)49-21-18-39-32(43)16-14-13-15-31(56)17-26-55)28-36(3,4)33(44)51-24-25-53-54(47,48)52-23-19-40(7,8)9/h31H,2,12-29H2,1,3-11H3,(H3-2,39,42,43,47,48,55,56)/p+2. The average Bonchev–Trinajstić information content (AvgIpc) is 3.05. The fourth-order valence-electron chi connectivity index (χ4n) is 6.10. The number of esters is 3. The Balaban J connectivity index is 5.76. The Bertz CT molecular complexity index is 1310. The molecule has 3 N–H and O–H groups in total. The Morgan fingerprint density at radius 1 is 0.804 bits per heavy atom. The number of likely N-dealkylation sites (N-methyl/N-ethyl adjacent to an activating group) is 2. The normalized spacial score (nSPS) is 16.1. The third kappa shape index (κ3) is 23.5. The van der Waals surface area contributed by atoms with Crippen LogP contribution < -0.4 is 5.32 Å². The smallest absolute Gasteiger partial charge is 0.472 e. The summed E-state index contributed by atoms with van der Waals surface area (Å²) < 4.78 is 39.9. The molecule has 15 nitrogen and oxygen atoms in total. The first-order chi connectivity index (χ1) is 25.6. The lowest BCUT2D eigenvalue weighted by Gasteiger charge is -2.39. The fraction of sp³-hybridized carbons (Fsp3) is 0.842. The Labute approximate surface area is 347 Å². The monoisotopic (exact) mass is 859 g/mol. The van der Waals surface area contributed by atoms with E-state index in [9.17, 15) is 33.7 Å². The first-order valence-corrected chi connectivity index (χ1v) is 22.0. The van der Waals surface area contributed by atoms with Gasteiger partial charge in [0.2, 0.25) is 5.91 Å². The number of aliphatic hydroxyl groups is 1. The van der Waals surface area contributed by atoms with Crippen LogP contribution in [0.15, 0.2) is 12.3 Å². The van der Waals surface area contributed by atoms with E-state index < -0.39 is 48.6 Å². The van der Waals surface area contributed by atoms with Crippen LogP contribution in [0.1, 0.15) is 86.0 Å². The van der Waals surface area contributed by atoms with Gasteiger partial charge in [-0.3, -0.25) is 28.2 Å². The summed E-state index contributed by atoms with van der Waals surface area (Å²) in [5.74, 6) is -1.29. The molecule has 0 aliphatic carbocycles. The highest BCUT2D eigenvalue weighted by Gasteiger charge is 2.50. The van der Waals surface area contributed by atoms with Gasteiger partial charge in [-0.15, -0.1) is 0 Å². The van der Waals surface area contributed by atoms with E-state index in [2.05, 4.69) is 37.2 Å². The van der Waals surface area contributed by atoms with Gasteiger partial charge in [-0.25, -0.2) is 4.57 Å². The maximum absolute atomic E-state index is 13.9. The minimum Gasteiger partial charge on any atom is -0.507 e. The fourth-order valence-corrected chi connectivity index (χ4v) is 7.61. The zero-order valence-corrected chi connectivity index (χ0v) is 38.4. The second kappa shape index (κ2) is 24.9. The molecule has 1 amide bonds. The second-order valence-electron chi connectivity index (χ2n) is 17.4. The number of aliphatic hydroxyl groups excluding tert-OH is 1. The number of quaternary nitrogens is 2. The van der Waals surface area contributed by atoms with Crippen molar-refractivity contribution in [3.05, 3.63) is 12.3 Å². The highest BCUT2D eigenvalue weighted by molar-refractivity contribution is 7.81. The van der Waals surface area contributed by atoms with E-state index >= 15 is 0 Å². The molecule has 0 bridgehead atoms. The molecule has 0 aromatic rings. The highest BCUT2D eigenvalue weighted by atomic mass is 32.1. The van der Waals surface area contributed by atoms with Crippen molar-refractivity contribution in [1.82, 2.24) is 5.32 Å². The van der Waals surface area contributed by atoms with Crippen molar-refractivity contribution >= 4 is 56.9 Å². The molecule has 0 aliphatic rings. The number of carbonyl (C=O) groups is 4. The van der Waals surface area contributed by atoms with Gasteiger partial charge in [0, 0.05) is 11.7 Å². The van der Waals surface area contributed by atoms with Gasteiger partial charge in [0.05, 0.1) is 64.6 Å². The summed E-state index contributed by atoms with van der Waals surface area (Å²) in [4.78, 5) is 63.4. The van der Waals surface area contributed by atoms with Gasteiger partial charge in [0.1, 0.15) is 51.8 Å². The molecule has 56 heavy (non-hydrogen) atoms. The van der Waals surface area contributed by atoms with Gasteiger partial charge >= 0.3 is 25.7 Å². The summed E-state index contributed by atoms with van der Waals surface area (Å²) in [6.45, 7) is 12.2. The van der Waals surface area contributed by atoms with Crippen LogP contribution in [-0.2, 0) is 47.0 Å². The van der Waals surface area contributed by atoms with Crippen LogP contribution in [0.3, 0.4) is 0 Å². The van der Waals surface area contributed by atoms with Crippen LogP contribution in [0.4, 0.5) is 0 Å². The maximum Gasteiger partial charge on any atom is 0.472 e. The second-order valence-corrected chi connectivity index (χ2v) is 20.0. The molecule has 0 heterocycles. The van der Waals surface area contributed by atoms with E-state index in [4.69, 9.17) is 23.3 Å². The molecule has 0 saturated heterocycles. The van der Waals surface area contributed by atoms with Gasteiger partial charge in [0.25, 0.3) is 0 Å². The van der Waals surface area contributed by atoms with Crippen molar-refractivity contribution in [1.29, 1.82) is 0 Å². The Morgan fingerprint density at radius 3 is 1.95 bits per heavy atom. The van der Waals surface area contributed by atoms with Gasteiger partial charge in [-0.1, -0.05) is 19.9 Å². The molecule has 0 radical (unpaired) electrons. The predicted molar refractivity (Wildman–Crippen MR) is 223 cm³/mol. The van der Waals surface area contributed by atoms with Crippen LogP contribution in [0.25, 0.3) is 0 Å². The summed E-state index contributed by atoms with van der Waals surface area (Å²) in [5.41, 5.74) is -3.87. The Kier molecular flexibility index (Phi) is 24.1. The van der Waals surface area contributed by atoms with Crippen molar-refractivity contribution in [3.8, 4) is 0 Å². The van der Waals surface area contributed by atoms with E-state index in [-0.39, 0.29) is 69.3 Å². The van der Waals surface area contributed by atoms with Crippen LogP contribution in [-0.4, -0.2) is 148 Å². The molecule has 0 spiro atoms. The quantitative estimate of drug-likeness (QED) is 0.0118. The van der Waals surface area contributed by atoms with Gasteiger partial charge in [-0.2, -0.15) is 25.3 Å². The molecule has 0 aromatic carbocycles. The zero-order valence-electron chi connectivity index (χ0n) is 35.7. The first-order valence-electron chi connectivity index (χ1n) is 19.3. The van der Waals surface area contributed by atoms with E-state index in [0.29, 0.717) is 41.3 Å². The van der Waals surface area contributed by atoms with Crippen LogP contribution in [0, 0.1) is 16.2 Å². The Hall–Kier alpha value is -1.85. The minimum atomic E-state index is -4.37. The van der Waals surface area contributed by atoms with Gasteiger partial charge < -0.3 is 38.5 Å². The third-order valence-electron chi connectivity index (χ3n) is 9.37. The number of nitrogens with zero attached hydrogens (tertiary/aromatic N) is 2. The van der Waals surface area contributed by atoms with Crippen LogP contribution in [0.5, 0.6) is 0 Å². The van der Waals surface area contributed by atoms with Crippen molar-refractivity contribution in [3.63, 3.8) is 0 Å². The zero-order chi connectivity index (χ0) is 43.4. The number of hydrogen-bond acceptors (Lipinski definition) is 13. The largest absolute Gasteiger partial charge is 0.507 e. The number of thiol groups is 2. The molecule has 328 valence electrons. The minimum absolute atomic E-state index is 0.0122. The van der Waals surface area contributed by atoms with Crippen molar-refractivity contribution in [2.24, 2.45) is 16.2 Å². The molecular formula is C38H74N3O12PS2+2. The number of ether oxygens (including phenoxy) is 3. The van der Waals surface area contributed by atoms with E-state index in [1.54, 1.807) is 34.6 Å². The number of hydrogen-bond donors (Lipinski definition) is 5. The highest BCUT2D eigenvalue weighted by Crippen LogP contribution is 2.46. The lowest BCUT2D eigenvalue weighted by molar-refractivity contribution is -0.887. The summed E-state index contributed by atoms with van der Waals surface area (Å²) in [6.07, 6.45) is 3.85. The number of nitrogens with one attached hydrogen (secondary N) is 1. The first kappa shape index (κ1) is 54.2. The van der Waals surface area contributed by atoms with Crippen molar-refractivity contribution < 1.29 is 66.0 Å². The van der Waals surface area contributed by atoms with Crippen molar-refractivity contribution in [2.45, 2.75) is 91.2 Å². The van der Waals surface area contributed by atoms with E-state index in [1.807, 2.05) is 35.2 Å². The number of amides is 1. The molecule has 0 saturated carbocycles. The van der Waals surface area contributed by atoms with Crippen LogP contribution in [0.2, 0.25) is 0 Å². The number of rotatable bonds is 31. The molecule has 0 aliphatic heterocycles. The Morgan fingerprint density at radius 2 is 1.38 bits per heavy atom. The van der Waals surface area contributed by atoms with E-state index in [0.717, 1.165) is 25.0 Å². The summed E-state index contributed by atoms with van der Waals surface area (Å²) >= 11 is 8.74. The predicted octanol–water partition coefficient (Wildman–Crippen LogP) is 5.13. The molecule has 18 heteroatoms. The SMILES string of the molecule is C=C(O)C[N+](C)(C)CCOC(=O)C(C)(CC)CC(C)(CC(C)(C)C(=O)OCCOP(=O)(O)OCC[N+](C)(C)C)C(=O)OCCNC(=O)CCCCC(S)CCS. The number of phosphoric acid groups is 1. The molecule has 0 fully saturated rings. The molecular weight excluding hydrogens is 786 g/mol. The third-order valence-corrected chi connectivity index (χ3v) is 11.2. The summed E-state index contributed by atoms with van der Waals surface area (Å²) in [6, 6.07) is 0. The summed E-state index contributed by atoms with van der Waals surface area (Å²) in [5, 5.41) is 12.7. The number of unbranched alkanes of at least 4 members (excludes halogenated alkanes) is 1. The number of carbonyl (C=O) groups excluding carboxylic acids is 4. The van der Waals surface area contributed by atoms with Gasteiger partial charge in [0.15, 0.2) is 0 Å². The van der Waals surface area contributed by atoms with E-state index in [1.165, 1.54) is 0 Å². The molecule has 0 aromatic heterocycles. The number of phosphoric ester groups is 1. The maximum atomic E-state index is 13.9.